The summed E-state index contributed by atoms with van der Waals surface area (Å²) in [6.45, 7) is 5.67. The Bertz CT molecular complexity index is 779. The Morgan fingerprint density at radius 3 is 2.57 bits per heavy atom. The monoisotopic (exact) mass is 382 g/mol. The van der Waals surface area contributed by atoms with Crippen LogP contribution in [0.15, 0.2) is 48.5 Å². The number of methoxy groups -OCH3 is 1. The first-order valence-corrected chi connectivity index (χ1v) is 9.88. The molecule has 28 heavy (non-hydrogen) atoms. The van der Waals surface area contributed by atoms with Crippen molar-refractivity contribution in [1.29, 1.82) is 0 Å². The van der Waals surface area contributed by atoms with Crippen LogP contribution in [-0.2, 0) is 11.3 Å². The number of hydrogen-bond acceptors (Lipinski definition) is 4. The van der Waals surface area contributed by atoms with E-state index in [1.165, 1.54) is 5.56 Å². The van der Waals surface area contributed by atoms with Gasteiger partial charge in [-0.25, -0.2) is 0 Å². The molecule has 0 saturated carbocycles. The molecule has 2 N–H and O–H groups in total. The molecule has 1 amide bonds. The van der Waals surface area contributed by atoms with Gasteiger partial charge in [0.2, 0.25) is 0 Å². The molecule has 1 saturated heterocycles. The number of piperidine rings is 1. The maximum atomic E-state index is 12.9. The quantitative estimate of drug-likeness (QED) is 0.735. The van der Waals surface area contributed by atoms with Gasteiger partial charge in [-0.15, -0.1) is 0 Å². The Morgan fingerprint density at radius 1 is 1.11 bits per heavy atom. The van der Waals surface area contributed by atoms with Crippen LogP contribution in [0.3, 0.4) is 0 Å². The second kappa shape index (κ2) is 9.71. The minimum absolute atomic E-state index is 0.00733. The molecule has 150 valence electrons. The Hall–Kier alpha value is -2.37. The van der Waals surface area contributed by atoms with Crippen molar-refractivity contribution >= 4 is 5.91 Å². The SMILES string of the molecule is COCC1(CNC(=O)c2ccccc2OCc2ccccc2C)CCNCC1. The zero-order valence-corrected chi connectivity index (χ0v) is 16.8. The molecule has 5 heteroatoms. The zero-order chi connectivity index (χ0) is 19.8. The molecule has 0 aromatic heterocycles. The molecule has 1 fully saturated rings. The van der Waals surface area contributed by atoms with Crippen molar-refractivity contribution in [3.05, 3.63) is 65.2 Å². The Labute approximate surface area is 167 Å². The molecule has 0 atom stereocenters. The van der Waals surface area contributed by atoms with Gasteiger partial charge in [0.25, 0.3) is 5.91 Å². The number of hydrogen-bond donors (Lipinski definition) is 2. The fourth-order valence-corrected chi connectivity index (χ4v) is 3.71. The van der Waals surface area contributed by atoms with E-state index in [0.717, 1.165) is 31.5 Å². The van der Waals surface area contributed by atoms with Gasteiger partial charge in [0.1, 0.15) is 12.4 Å². The summed E-state index contributed by atoms with van der Waals surface area (Å²) in [5.74, 6) is 0.503. The molecule has 2 aromatic carbocycles. The predicted molar refractivity (Wildman–Crippen MR) is 111 cm³/mol. The van der Waals surface area contributed by atoms with Gasteiger partial charge >= 0.3 is 0 Å². The average molecular weight is 383 g/mol. The molecule has 1 aliphatic rings. The van der Waals surface area contributed by atoms with Crippen LogP contribution in [0.1, 0.15) is 34.3 Å². The summed E-state index contributed by atoms with van der Waals surface area (Å²) in [6.07, 6.45) is 1.99. The highest BCUT2D eigenvalue weighted by atomic mass is 16.5. The first kappa shape index (κ1) is 20.4. The number of rotatable bonds is 8. The fraction of sp³-hybridized carbons (Fsp3) is 0.435. The molecule has 3 rings (SSSR count). The Balaban J connectivity index is 1.66. The Kier molecular flexibility index (Phi) is 7.06. The number of amides is 1. The number of nitrogens with one attached hydrogen (secondary N) is 2. The lowest BCUT2D eigenvalue weighted by atomic mass is 9.79. The second-order valence-electron chi connectivity index (χ2n) is 7.58. The molecule has 0 unspecified atom stereocenters. The third kappa shape index (κ3) is 5.12. The van der Waals surface area contributed by atoms with E-state index in [1.807, 2.05) is 42.5 Å². The summed E-state index contributed by atoms with van der Waals surface area (Å²) in [4.78, 5) is 12.9. The van der Waals surface area contributed by atoms with E-state index < -0.39 is 0 Å². The molecule has 5 nitrogen and oxygen atoms in total. The number of para-hydroxylation sites is 1. The number of benzene rings is 2. The maximum Gasteiger partial charge on any atom is 0.255 e. The highest BCUT2D eigenvalue weighted by molar-refractivity contribution is 5.96. The number of ether oxygens (including phenoxy) is 2. The summed E-state index contributed by atoms with van der Waals surface area (Å²) < 4.78 is 11.4. The van der Waals surface area contributed by atoms with Crippen LogP contribution < -0.4 is 15.4 Å². The highest BCUT2D eigenvalue weighted by Crippen LogP contribution is 2.29. The van der Waals surface area contributed by atoms with Gasteiger partial charge in [-0.1, -0.05) is 36.4 Å². The molecule has 1 aliphatic heterocycles. The fourth-order valence-electron chi connectivity index (χ4n) is 3.71. The van der Waals surface area contributed by atoms with Gasteiger partial charge in [0.15, 0.2) is 0 Å². The molecule has 0 aliphatic carbocycles. The minimum atomic E-state index is -0.102. The topological polar surface area (TPSA) is 59.6 Å². The third-order valence-electron chi connectivity index (χ3n) is 5.51. The van der Waals surface area contributed by atoms with Crippen LogP contribution in [0.4, 0.5) is 0 Å². The van der Waals surface area contributed by atoms with Gasteiger partial charge in [0, 0.05) is 19.1 Å². The number of carbonyl (C=O) groups excluding carboxylic acids is 1. The number of carbonyl (C=O) groups is 1. The standard InChI is InChI=1S/C23H30N2O3/c1-18-7-3-4-8-19(18)15-28-21-10-6-5-9-20(21)22(26)25-16-23(17-27-2)11-13-24-14-12-23/h3-10,24H,11-17H2,1-2H3,(H,25,26). The van der Waals surface area contributed by atoms with E-state index >= 15 is 0 Å². The van der Waals surface area contributed by atoms with Crippen LogP contribution in [0.2, 0.25) is 0 Å². The van der Waals surface area contributed by atoms with Crippen molar-refractivity contribution < 1.29 is 14.3 Å². The van der Waals surface area contributed by atoms with E-state index in [4.69, 9.17) is 9.47 Å². The van der Waals surface area contributed by atoms with Crippen LogP contribution in [0, 0.1) is 12.3 Å². The van der Waals surface area contributed by atoms with Gasteiger partial charge in [-0.2, -0.15) is 0 Å². The molecular formula is C23H30N2O3. The maximum absolute atomic E-state index is 12.9. The smallest absolute Gasteiger partial charge is 0.255 e. The highest BCUT2D eigenvalue weighted by Gasteiger charge is 2.32. The van der Waals surface area contributed by atoms with Gasteiger partial charge in [-0.05, 0) is 56.1 Å². The summed E-state index contributed by atoms with van der Waals surface area (Å²) >= 11 is 0. The lowest BCUT2D eigenvalue weighted by Gasteiger charge is -2.37. The summed E-state index contributed by atoms with van der Waals surface area (Å²) in [6, 6.07) is 15.5. The van der Waals surface area contributed by atoms with Crippen molar-refractivity contribution in [3.63, 3.8) is 0 Å². The van der Waals surface area contributed by atoms with Crippen LogP contribution in [0.5, 0.6) is 5.75 Å². The minimum Gasteiger partial charge on any atom is -0.488 e. The molecule has 1 heterocycles. The summed E-state index contributed by atoms with van der Waals surface area (Å²) in [5, 5.41) is 6.49. The second-order valence-corrected chi connectivity index (χ2v) is 7.58. The van der Waals surface area contributed by atoms with Crippen molar-refractivity contribution in [3.8, 4) is 5.75 Å². The summed E-state index contributed by atoms with van der Waals surface area (Å²) in [7, 11) is 1.72. The largest absolute Gasteiger partial charge is 0.488 e. The van der Waals surface area contributed by atoms with Crippen molar-refractivity contribution in [2.75, 3.05) is 33.4 Å². The first-order valence-electron chi connectivity index (χ1n) is 9.88. The normalized spacial score (nSPS) is 15.8. The molecule has 0 bridgehead atoms. The third-order valence-corrected chi connectivity index (χ3v) is 5.51. The van der Waals surface area contributed by atoms with Gasteiger partial charge < -0.3 is 20.1 Å². The van der Waals surface area contributed by atoms with E-state index in [1.54, 1.807) is 7.11 Å². The van der Waals surface area contributed by atoms with E-state index in [-0.39, 0.29) is 11.3 Å². The van der Waals surface area contributed by atoms with E-state index in [2.05, 4.69) is 23.6 Å². The molecule has 0 spiro atoms. The molecular weight excluding hydrogens is 352 g/mol. The Morgan fingerprint density at radius 2 is 1.82 bits per heavy atom. The molecule has 0 radical (unpaired) electrons. The van der Waals surface area contributed by atoms with Crippen molar-refractivity contribution in [2.45, 2.75) is 26.4 Å². The predicted octanol–water partition coefficient (Wildman–Crippen LogP) is 3.32. The summed E-state index contributed by atoms with van der Waals surface area (Å²) in [5.41, 5.74) is 2.85. The van der Waals surface area contributed by atoms with Crippen LogP contribution in [-0.4, -0.2) is 39.3 Å². The van der Waals surface area contributed by atoms with Gasteiger partial charge in [-0.3, -0.25) is 4.79 Å². The van der Waals surface area contributed by atoms with Crippen LogP contribution >= 0.6 is 0 Å². The lowest BCUT2D eigenvalue weighted by Crippen LogP contribution is -2.47. The molecule has 2 aromatic rings. The van der Waals surface area contributed by atoms with Crippen LogP contribution in [0.25, 0.3) is 0 Å². The number of aryl methyl sites for hydroxylation is 1. The average Bonchev–Trinajstić information content (AvgIpc) is 2.73. The van der Waals surface area contributed by atoms with E-state index in [0.29, 0.717) is 31.1 Å². The van der Waals surface area contributed by atoms with Crippen molar-refractivity contribution in [2.24, 2.45) is 5.41 Å². The van der Waals surface area contributed by atoms with E-state index in [9.17, 15) is 4.79 Å². The lowest BCUT2D eigenvalue weighted by molar-refractivity contribution is 0.0511. The first-order chi connectivity index (χ1) is 13.6. The van der Waals surface area contributed by atoms with Crippen molar-refractivity contribution in [1.82, 2.24) is 10.6 Å². The zero-order valence-electron chi connectivity index (χ0n) is 16.8. The van der Waals surface area contributed by atoms with Gasteiger partial charge in [0.05, 0.1) is 12.2 Å².